The van der Waals surface area contributed by atoms with E-state index in [1.165, 1.54) is 0 Å². The number of carboxylic acids is 1. The Morgan fingerprint density at radius 1 is 1.29 bits per heavy atom. The van der Waals surface area contributed by atoms with Crippen molar-refractivity contribution in [3.63, 3.8) is 0 Å². The summed E-state index contributed by atoms with van der Waals surface area (Å²) >= 11 is 0. The molecule has 21 heavy (non-hydrogen) atoms. The van der Waals surface area contributed by atoms with Gasteiger partial charge in [-0.25, -0.2) is 0 Å². The predicted molar refractivity (Wildman–Crippen MR) is 82.0 cm³/mol. The number of hydrogen-bond donors (Lipinski definition) is 2. The third kappa shape index (κ3) is 4.93. The third-order valence-corrected chi connectivity index (χ3v) is 3.50. The average Bonchev–Trinajstić information content (AvgIpc) is 2.49. The lowest BCUT2D eigenvalue weighted by molar-refractivity contribution is -0.139. The van der Waals surface area contributed by atoms with Crippen LogP contribution in [0.4, 0.5) is 0 Å². The van der Waals surface area contributed by atoms with Crippen molar-refractivity contribution in [3.8, 4) is 11.5 Å². The maximum atomic E-state index is 11.3. The van der Waals surface area contributed by atoms with Crippen LogP contribution >= 0.6 is 0 Å². The largest absolute Gasteiger partial charge is 0.493 e. The number of hydrogen-bond acceptors (Lipinski definition) is 4. The Balaban J connectivity index is 2.81. The number of aliphatic carboxylic acids is 1. The van der Waals surface area contributed by atoms with Crippen LogP contribution in [0.5, 0.6) is 11.5 Å². The van der Waals surface area contributed by atoms with Crippen molar-refractivity contribution in [3.05, 3.63) is 23.8 Å². The summed E-state index contributed by atoms with van der Waals surface area (Å²) in [7, 11) is 3.17. The Morgan fingerprint density at radius 3 is 2.48 bits per heavy atom. The molecule has 0 saturated heterocycles. The average molecular weight is 295 g/mol. The summed E-state index contributed by atoms with van der Waals surface area (Å²) in [5.41, 5.74) is 0.968. The highest BCUT2D eigenvalue weighted by atomic mass is 16.5. The molecular formula is C16H25NO4. The number of rotatable bonds is 9. The molecule has 2 N–H and O–H groups in total. The van der Waals surface area contributed by atoms with Crippen molar-refractivity contribution in [2.45, 2.75) is 45.2 Å². The van der Waals surface area contributed by atoms with E-state index in [4.69, 9.17) is 9.47 Å². The van der Waals surface area contributed by atoms with Crippen LogP contribution in [-0.2, 0) is 4.79 Å². The van der Waals surface area contributed by atoms with Gasteiger partial charge < -0.3 is 14.6 Å². The molecule has 0 spiro atoms. The summed E-state index contributed by atoms with van der Waals surface area (Å²) < 4.78 is 10.5. The standard InChI is InChI=1S/C16H25NO4/c1-5-6-7-13(16(18)19)17-11(2)12-8-9-14(20-3)15(10-12)21-4/h8-11,13,17H,5-7H2,1-4H3,(H,18,19). The summed E-state index contributed by atoms with van der Waals surface area (Å²) in [6, 6.07) is 5.00. The highest BCUT2D eigenvalue weighted by Crippen LogP contribution is 2.30. The Labute approximate surface area is 126 Å². The molecule has 0 amide bonds. The van der Waals surface area contributed by atoms with Gasteiger partial charge in [-0.3, -0.25) is 10.1 Å². The van der Waals surface area contributed by atoms with Crippen molar-refractivity contribution >= 4 is 5.97 Å². The van der Waals surface area contributed by atoms with Gasteiger partial charge in [0, 0.05) is 6.04 Å². The second kappa shape index (κ2) is 8.52. The number of carbonyl (C=O) groups is 1. The first-order valence-corrected chi connectivity index (χ1v) is 7.24. The van der Waals surface area contributed by atoms with Crippen molar-refractivity contribution in [1.29, 1.82) is 0 Å². The van der Waals surface area contributed by atoms with E-state index in [1.807, 2.05) is 25.1 Å². The Morgan fingerprint density at radius 2 is 1.95 bits per heavy atom. The van der Waals surface area contributed by atoms with Gasteiger partial charge >= 0.3 is 5.97 Å². The first kappa shape index (κ1) is 17.3. The minimum absolute atomic E-state index is 0.0808. The highest BCUT2D eigenvalue weighted by molar-refractivity contribution is 5.73. The van der Waals surface area contributed by atoms with Crippen molar-refractivity contribution in [2.75, 3.05) is 14.2 Å². The van der Waals surface area contributed by atoms with E-state index in [2.05, 4.69) is 12.2 Å². The summed E-state index contributed by atoms with van der Waals surface area (Å²) in [4.78, 5) is 11.3. The van der Waals surface area contributed by atoms with Crippen LogP contribution in [0.15, 0.2) is 18.2 Å². The molecule has 0 aromatic heterocycles. The van der Waals surface area contributed by atoms with Crippen molar-refractivity contribution in [1.82, 2.24) is 5.32 Å². The molecule has 1 aromatic rings. The second-order valence-electron chi connectivity index (χ2n) is 5.04. The lowest BCUT2D eigenvalue weighted by Gasteiger charge is -2.21. The van der Waals surface area contributed by atoms with Crippen LogP contribution in [0.25, 0.3) is 0 Å². The molecule has 0 aliphatic heterocycles. The fourth-order valence-corrected chi connectivity index (χ4v) is 2.21. The zero-order valence-corrected chi connectivity index (χ0v) is 13.2. The van der Waals surface area contributed by atoms with E-state index in [-0.39, 0.29) is 6.04 Å². The normalized spacial score (nSPS) is 13.5. The molecular weight excluding hydrogens is 270 g/mol. The van der Waals surface area contributed by atoms with Crippen LogP contribution in [0, 0.1) is 0 Å². The van der Waals surface area contributed by atoms with E-state index in [1.54, 1.807) is 14.2 Å². The first-order valence-electron chi connectivity index (χ1n) is 7.24. The Hall–Kier alpha value is -1.75. The van der Waals surface area contributed by atoms with Gasteiger partial charge in [-0.05, 0) is 31.0 Å². The summed E-state index contributed by atoms with van der Waals surface area (Å²) in [5, 5.41) is 12.4. The molecule has 118 valence electrons. The zero-order valence-electron chi connectivity index (χ0n) is 13.2. The number of nitrogens with one attached hydrogen (secondary N) is 1. The van der Waals surface area contributed by atoms with E-state index in [0.29, 0.717) is 17.9 Å². The molecule has 0 aliphatic rings. The molecule has 0 bridgehead atoms. The van der Waals surface area contributed by atoms with Gasteiger partial charge in [0.05, 0.1) is 14.2 Å². The number of carboxylic acid groups (broad SMARTS) is 1. The first-order chi connectivity index (χ1) is 10.0. The van der Waals surface area contributed by atoms with Crippen LogP contribution in [0.1, 0.15) is 44.7 Å². The maximum absolute atomic E-state index is 11.3. The summed E-state index contributed by atoms with van der Waals surface area (Å²) in [6.45, 7) is 4.00. The molecule has 0 saturated carbocycles. The quantitative estimate of drug-likeness (QED) is 0.733. The van der Waals surface area contributed by atoms with Crippen molar-refractivity contribution in [2.24, 2.45) is 0 Å². The predicted octanol–water partition coefficient (Wildman–Crippen LogP) is 3.00. The molecule has 5 heteroatoms. The molecule has 0 heterocycles. The van der Waals surface area contributed by atoms with Crippen LogP contribution in [0.3, 0.4) is 0 Å². The molecule has 1 rings (SSSR count). The van der Waals surface area contributed by atoms with Gasteiger partial charge in [-0.15, -0.1) is 0 Å². The number of ether oxygens (including phenoxy) is 2. The molecule has 0 aliphatic carbocycles. The summed E-state index contributed by atoms with van der Waals surface area (Å²) in [6.07, 6.45) is 2.50. The minimum atomic E-state index is -0.809. The minimum Gasteiger partial charge on any atom is -0.493 e. The highest BCUT2D eigenvalue weighted by Gasteiger charge is 2.20. The van der Waals surface area contributed by atoms with Gasteiger partial charge in [-0.2, -0.15) is 0 Å². The fraction of sp³-hybridized carbons (Fsp3) is 0.562. The van der Waals surface area contributed by atoms with E-state index in [0.717, 1.165) is 18.4 Å². The van der Waals surface area contributed by atoms with Crippen LogP contribution in [-0.4, -0.2) is 31.3 Å². The molecule has 0 radical (unpaired) electrons. The molecule has 2 atom stereocenters. The topological polar surface area (TPSA) is 67.8 Å². The molecule has 5 nitrogen and oxygen atoms in total. The molecule has 2 unspecified atom stereocenters. The smallest absolute Gasteiger partial charge is 0.320 e. The van der Waals surface area contributed by atoms with Gasteiger partial charge in [-0.1, -0.05) is 25.8 Å². The van der Waals surface area contributed by atoms with E-state index < -0.39 is 12.0 Å². The Bertz CT molecular complexity index is 462. The second-order valence-corrected chi connectivity index (χ2v) is 5.04. The van der Waals surface area contributed by atoms with Gasteiger partial charge in [0.25, 0.3) is 0 Å². The lowest BCUT2D eigenvalue weighted by Crippen LogP contribution is -2.38. The number of benzene rings is 1. The Kier molecular flexibility index (Phi) is 7.02. The lowest BCUT2D eigenvalue weighted by atomic mass is 10.0. The maximum Gasteiger partial charge on any atom is 0.320 e. The monoisotopic (exact) mass is 295 g/mol. The number of unbranched alkanes of at least 4 members (excludes halogenated alkanes) is 1. The number of methoxy groups -OCH3 is 2. The molecule has 1 aromatic carbocycles. The van der Waals surface area contributed by atoms with Crippen LogP contribution in [0.2, 0.25) is 0 Å². The molecule has 0 fully saturated rings. The van der Waals surface area contributed by atoms with Crippen molar-refractivity contribution < 1.29 is 19.4 Å². The van der Waals surface area contributed by atoms with Gasteiger partial charge in [0.2, 0.25) is 0 Å². The zero-order chi connectivity index (χ0) is 15.8. The van der Waals surface area contributed by atoms with Crippen LogP contribution < -0.4 is 14.8 Å². The van der Waals surface area contributed by atoms with E-state index >= 15 is 0 Å². The third-order valence-electron chi connectivity index (χ3n) is 3.50. The van der Waals surface area contributed by atoms with E-state index in [9.17, 15) is 9.90 Å². The summed E-state index contributed by atoms with van der Waals surface area (Å²) in [5.74, 6) is 0.495. The van der Waals surface area contributed by atoms with Gasteiger partial charge in [0.15, 0.2) is 11.5 Å². The fourth-order valence-electron chi connectivity index (χ4n) is 2.21. The van der Waals surface area contributed by atoms with Gasteiger partial charge in [0.1, 0.15) is 6.04 Å². The SMILES string of the molecule is CCCCC(NC(C)c1ccc(OC)c(OC)c1)C(=O)O.